The van der Waals surface area contributed by atoms with E-state index in [9.17, 15) is 9.59 Å². The summed E-state index contributed by atoms with van der Waals surface area (Å²) in [5.41, 5.74) is 5.08. The molecule has 2 rings (SSSR count). The van der Waals surface area contributed by atoms with Gasteiger partial charge in [-0.3, -0.25) is 9.59 Å². The number of primary amides is 1. The number of hydrogen-bond donors (Lipinski definition) is 2. The Hall–Kier alpha value is -1.18. The molecule has 0 aromatic carbocycles. The zero-order valence-electron chi connectivity index (χ0n) is 14.1. The summed E-state index contributed by atoms with van der Waals surface area (Å²) < 4.78 is 5.78. The molecule has 0 bridgehead atoms. The molecule has 2 saturated heterocycles. The number of likely N-dealkylation sites (tertiary alicyclic amines) is 2. The fraction of sp³-hybridized carbons (Fsp3) is 0.875. The zero-order valence-corrected chi connectivity index (χ0v) is 14.1. The number of nitrogens with two attached hydrogens (primary N) is 1. The molecular weight excluding hydrogens is 296 g/mol. The molecule has 1 atom stereocenters. The molecular formula is C16H30N4O3. The number of ether oxygens (including phenoxy) is 1. The molecule has 0 radical (unpaired) electrons. The molecule has 2 fully saturated rings. The quantitative estimate of drug-likeness (QED) is 0.582. The molecule has 0 saturated carbocycles. The van der Waals surface area contributed by atoms with E-state index in [2.05, 4.69) is 17.3 Å². The first-order valence-corrected chi connectivity index (χ1v) is 8.61. The highest BCUT2D eigenvalue weighted by molar-refractivity contribution is 5.77. The van der Waals surface area contributed by atoms with E-state index >= 15 is 0 Å². The predicted octanol–water partition coefficient (Wildman–Crippen LogP) is -0.589. The van der Waals surface area contributed by atoms with Crippen molar-refractivity contribution in [3.8, 4) is 0 Å². The van der Waals surface area contributed by atoms with Gasteiger partial charge in [0.1, 0.15) is 6.61 Å². The number of hydrogen-bond acceptors (Lipinski definition) is 5. The van der Waals surface area contributed by atoms with Gasteiger partial charge in [-0.15, -0.1) is 0 Å². The Morgan fingerprint density at radius 3 is 2.65 bits per heavy atom. The van der Waals surface area contributed by atoms with Crippen molar-refractivity contribution in [2.75, 3.05) is 52.9 Å². The summed E-state index contributed by atoms with van der Waals surface area (Å²) in [6, 6.07) is 0. The van der Waals surface area contributed by atoms with Gasteiger partial charge in [0.25, 0.3) is 0 Å². The van der Waals surface area contributed by atoms with Gasteiger partial charge in [0.05, 0.1) is 12.6 Å². The summed E-state index contributed by atoms with van der Waals surface area (Å²) in [6.07, 6.45) is 4.24. The normalized spacial score (nSPS) is 23.3. The Bertz CT molecular complexity index is 397. The third-order valence-corrected chi connectivity index (χ3v) is 4.78. The van der Waals surface area contributed by atoms with Gasteiger partial charge in [0.15, 0.2) is 0 Å². The molecule has 3 N–H and O–H groups in total. The van der Waals surface area contributed by atoms with E-state index in [0.29, 0.717) is 5.92 Å². The van der Waals surface area contributed by atoms with Crippen molar-refractivity contribution < 1.29 is 14.3 Å². The Kier molecular flexibility index (Phi) is 7.26. The van der Waals surface area contributed by atoms with E-state index < -0.39 is 0 Å². The predicted molar refractivity (Wildman–Crippen MR) is 87.8 cm³/mol. The van der Waals surface area contributed by atoms with Crippen LogP contribution < -0.4 is 11.1 Å². The average molecular weight is 326 g/mol. The highest BCUT2D eigenvalue weighted by Gasteiger charge is 2.27. The van der Waals surface area contributed by atoms with Crippen LogP contribution in [0.2, 0.25) is 0 Å². The third-order valence-electron chi connectivity index (χ3n) is 4.78. The monoisotopic (exact) mass is 326 g/mol. The molecule has 0 spiro atoms. The molecule has 2 aliphatic rings. The summed E-state index contributed by atoms with van der Waals surface area (Å²) in [5.74, 6) is 0.276. The number of carbonyl (C=O) groups excluding carboxylic acids is 2. The first-order chi connectivity index (χ1) is 11.0. The fourth-order valence-electron chi connectivity index (χ4n) is 3.24. The van der Waals surface area contributed by atoms with Crippen molar-refractivity contribution in [3.05, 3.63) is 0 Å². The standard InChI is InChI=1S/C16H30N4O3/c1-19-7-4-14(5-8-19)23-12-16(22)20-9-3-13(11-20)2-6-18-10-15(17)21/h13-14,18H,2-12H2,1H3,(H2,17,21). The second kappa shape index (κ2) is 9.20. The Morgan fingerprint density at radius 1 is 1.22 bits per heavy atom. The Balaban J connectivity index is 1.58. The maximum atomic E-state index is 12.2. The minimum absolute atomic E-state index is 0.108. The number of amides is 2. The second-order valence-corrected chi connectivity index (χ2v) is 6.74. The van der Waals surface area contributed by atoms with Crippen molar-refractivity contribution >= 4 is 11.8 Å². The maximum Gasteiger partial charge on any atom is 0.248 e. The second-order valence-electron chi connectivity index (χ2n) is 6.74. The number of nitrogens with zero attached hydrogens (tertiary/aromatic N) is 2. The number of piperidine rings is 1. The molecule has 0 aliphatic carbocycles. The average Bonchev–Trinajstić information content (AvgIpc) is 2.99. The van der Waals surface area contributed by atoms with Crippen molar-refractivity contribution in [3.63, 3.8) is 0 Å². The lowest BCUT2D eigenvalue weighted by Gasteiger charge is -2.29. The van der Waals surface area contributed by atoms with Crippen molar-refractivity contribution in [1.29, 1.82) is 0 Å². The minimum atomic E-state index is -0.334. The summed E-state index contributed by atoms with van der Waals surface area (Å²) in [4.78, 5) is 27.1. The smallest absolute Gasteiger partial charge is 0.248 e. The van der Waals surface area contributed by atoms with Crippen LogP contribution in [0, 0.1) is 5.92 Å². The molecule has 2 amide bonds. The van der Waals surface area contributed by atoms with Gasteiger partial charge >= 0.3 is 0 Å². The largest absolute Gasteiger partial charge is 0.369 e. The first-order valence-electron chi connectivity index (χ1n) is 8.61. The molecule has 0 aromatic rings. The van der Waals surface area contributed by atoms with Gasteiger partial charge in [-0.05, 0) is 45.2 Å². The van der Waals surface area contributed by atoms with E-state index in [1.54, 1.807) is 0 Å². The van der Waals surface area contributed by atoms with Gasteiger partial charge in [-0.1, -0.05) is 0 Å². The molecule has 23 heavy (non-hydrogen) atoms. The van der Waals surface area contributed by atoms with Gasteiger partial charge in [0.2, 0.25) is 11.8 Å². The minimum Gasteiger partial charge on any atom is -0.369 e. The SMILES string of the molecule is CN1CCC(OCC(=O)N2CCC(CCNCC(N)=O)C2)CC1. The lowest BCUT2D eigenvalue weighted by Crippen LogP contribution is -2.38. The van der Waals surface area contributed by atoms with Crippen LogP contribution >= 0.6 is 0 Å². The summed E-state index contributed by atoms with van der Waals surface area (Å²) in [7, 11) is 2.12. The molecule has 0 aromatic heterocycles. The Labute approximate surface area is 138 Å². The van der Waals surface area contributed by atoms with E-state index in [1.165, 1.54) is 0 Å². The number of rotatable bonds is 8. The lowest BCUT2D eigenvalue weighted by molar-refractivity contribution is -0.138. The molecule has 2 heterocycles. The van der Waals surface area contributed by atoms with E-state index in [-0.39, 0.29) is 31.1 Å². The highest BCUT2D eigenvalue weighted by Crippen LogP contribution is 2.19. The van der Waals surface area contributed by atoms with Gasteiger partial charge in [-0.2, -0.15) is 0 Å². The molecule has 1 unspecified atom stereocenters. The van der Waals surface area contributed by atoms with Gasteiger partial charge in [-0.25, -0.2) is 0 Å². The summed E-state index contributed by atoms with van der Waals surface area (Å²) >= 11 is 0. The van der Waals surface area contributed by atoms with E-state index in [4.69, 9.17) is 10.5 Å². The van der Waals surface area contributed by atoms with Crippen LogP contribution in [0.25, 0.3) is 0 Å². The van der Waals surface area contributed by atoms with Crippen molar-refractivity contribution in [1.82, 2.24) is 15.1 Å². The first kappa shape index (κ1) is 18.2. The van der Waals surface area contributed by atoms with Crippen LogP contribution in [0.5, 0.6) is 0 Å². The molecule has 2 aliphatic heterocycles. The summed E-state index contributed by atoms with van der Waals surface area (Å²) in [6.45, 7) is 4.90. The van der Waals surface area contributed by atoms with E-state index in [1.807, 2.05) is 4.90 Å². The van der Waals surface area contributed by atoms with Crippen molar-refractivity contribution in [2.45, 2.75) is 31.8 Å². The maximum absolute atomic E-state index is 12.2. The van der Waals surface area contributed by atoms with Gasteiger partial charge < -0.3 is 25.6 Å². The van der Waals surface area contributed by atoms with Crippen LogP contribution in [-0.4, -0.2) is 80.6 Å². The topological polar surface area (TPSA) is 87.9 Å². The molecule has 132 valence electrons. The van der Waals surface area contributed by atoms with Crippen LogP contribution in [0.1, 0.15) is 25.7 Å². The van der Waals surface area contributed by atoms with Crippen molar-refractivity contribution in [2.24, 2.45) is 11.7 Å². The van der Waals surface area contributed by atoms with E-state index in [0.717, 1.165) is 58.4 Å². The van der Waals surface area contributed by atoms with Crippen LogP contribution in [-0.2, 0) is 14.3 Å². The number of carbonyl (C=O) groups is 2. The molecule has 7 heteroatoms. The summed E-state index contributed by atoms with van der Waals surface area (Å²) in [5, 5.41) is 3.02. The van der Waals surface area contributed by atoms with Crippen LogP contribution in [0.15, 0.2) is 0 Å². The molecule has 7 nitrogen and oxygen atoms in total. The highest BCUT2D eigenvalue weighted by atomic mass is 16.5. The third kappa shape index (κ3) is 6.45. The van der Waals surface area contributed by atoms with Gasteiger partial charge in [0, 0.05) is 26.2 Å². The Morgan fingerprint density at radius 2 is 1.96 bits per heavy atom. The van der Waals surface area contributed by atoms with Crippen LogP contribution in [0.4, 0.5) is 0 Å². The number of nitrogens with one attached hydrogen (secondary N) is 1. The lowest BCUT2D eigenvalue weighted by atomic mass is 10.1. The fourth-order valence-corrected chi connectivity index (χ4v) is 3.24. The zero-order chi connectivity index (χ0) is 16.7. The van der Waals surface area contributed by atoms with Crippen LogP contribution in [0.3, 0.4) is 0 Å².